The molecule has 0 heterocycles. The smallest absolute Gasteiger partial charge is 0.404 e. The second kappa shape index (κ2) is 7.05. The molecule has 0 rings (SSSR count). The minimum atomic E-state index is -0.851. The van der Waals surface area contributed by atoms with E-state index in [2.05, 4.69) is 10.1 Å². The van der Waals surface area contributed by atoms with Gasteiger partial charge >= 0.3 is 6.09 Å². The number of primary amides is 1. The van der Waals surface area contributed by atoms with Crippen molar-refractivity contribution in [2.45, 2.75) is 26.3 Å². The molecule has 6 nitrogen and oxygen atoms in total. The predicted octanol–water partition coefficient (Wildman–Crippen LogP) is -0.429. The molecule has 0 radical (unpaired) electrons. The van der Waals surface area contributed by atoms with E-state index in [1.54, 1.807) is 0 Å². The Hall–Kier alpha value is -1.30. The largest absolute Gasteiger partial charge is 0.448 e. The van der Waals surface area contributed by atoms with E-state index in [9.17, 15) is 9.59 Å². The summed E-state index contributed by atoms with van der Waals surface area (Å²) in [6.45, 7) is 4.27. The average molecular weight is 217 g/mol. The maximum atomic E-state index is 11.3. The van der Waals surface area contributed by atoms with Crippen LogP contribution in [0.25, 0.3) is 0 Å². The van der Waals surface area contributed by atoms with Gasteiger partial charge < -0.3 is 21.5 Å². The number of nitrogens with two attached hydrogens (primary N) is 2. The van der Waals surface area contributed by atoms with Crippen LogP contribution in [0.3, 0.4) is 0 Å². The molecule has 0 aromatic carbocycles. The number of hydrogen-bond acceptors (Lipinski definition) is 4. The van der Waals surface area contributed by atoms with Crippen molar-refractivity contribution in [3.63, 3.8) is 0 Å². The van der Waals surface area contributed by atoms with E-state index in [0.29, 0.717) is 12.3 Å². The molecule has 0 aliphatic rings. The SMILES string of the molecule is CC(C)C[C@@H](N)C(=O)NCCOC(N)=O. The molecule has 6 heteroatoms. The minimum absolute atomic E-state index is 0.0650. The molecule has 0 aromatic heterocycles. The van der Waals surface area contributed by atoms with E-state index >= 15 is 0 Å². The quantitative estimate of drug-likeness (QED) is 0.525. The zero-order chi connectivity index (χ0) is 11.8. The van der Waals surface area contributed by atoms with Crippen LogP contribution in [0, 0.1) is 5.92 Å². The summed E-state index contributed by atoms with van der Waals surface area (Å²) in [4.78, 5) is 21.5. The molecule has 0 saturated heterocycles. The number of carbonyl (C=O) groups is 2. The summed E-state index contributed by atoms with van der Waals surface area (Å²) in [7, 11) is 0. The van der Waals surface area contributed by atoms with Crippen LogP contribution in [0.2, 0.25) is 0 Å². The number of amides is 2. The molecule has 15 heavy (non-hydrogen) atoms. The van der Waals surface area contributed by atoms with E-state index in [0.717, 1.165) is 0 Å². The highest BCUT2D eigenvalue weighted by atomic mass is 16.5. The van der Waals surface area contributed by atoms with Crippen molar-refractivity contribution < 1.29 is 14.3 Å². The summed E-state index contributed by atoms with van der Waals surface area (Å²) in [6.07, 6.45) is -0.224. The van der Waals surface area contributed by atoms with Crippen molar-refractivity contribution >= 4 is 12.0 Å². The van der Waals surface area contributed by atoms with Gasteiger partial charge in [0.25, 0.3) is 0 Å². The van der Waals surface area contributed by atoms with E-state index in [4.69, 9.17) is 11.5 Å². The lowest BCUT2D eigenvalue weighted by molar-refractivity contribution is -0.122. The monoisotopic (exact) mass is 217 g/mol. The Kier molecular flexibility index (Phi) is 6.44. The lowest BCUT2D eigenvalue weighted by atomic mass is 10.0. The van der Waals surface area contributed by atoms with Crippen molar-refractivity contribution in [1.29, 1.82) is 0 Å². The molecule has 0 aliphatic heterocycles. The van der Waals surface area contributed by atoms with Crippen LogP contribution in [-0.2, 0) is 9.53 Å². The Morgan fingerprint density at radius 2 is 2.00 bits per heavy atom. The third-order valence-corrected chi connectivity index (χ3v) is 1.71. The molecule has 2 amide bonds. The second-order valence-electron chi connectivity index (χ2n) is 3.69. The molecule has 0 aromatic rings. The molecular formula is C9H19N3O3. The fourth-order valence-electron chi connectivity index (χ4n) is 1.07. The molecule has 5 N–H and O–H groups in total. The molecule has 0 bridgehead atoms. The second-order valence-corrected chi connectivity index (χ2v) is 3.69. The maximum Gasteiger partial charge on any atom is 0.404 e. The van der Waals surface area contributed by atoms with Gasteiger partial charge in [-0.2, -0.15) is 0 Å². The third-order valence-electron chi connectivity index (χ3n) is 1.71. The first kappa shape index (κ1) is 13.7. The van der Waals surface area contributed by atoms with Gasteiger partial charge in [0.2, 0.25) is 5.91 Å². The summed E-state index contributed by atoms with van der Waals surface area (Å²) in [5, 5.41) is 2.55. The Labute approximate surface area is 89.3 Å². The highest BCUT2D eigenvalue weighted by molar-refractivity contribution is 5.81. The first-order valence-corrected chi connectivity index (χ1v) is 4.89. The standard InChI is InChI=1S/C9H19N3O3/c1-6(2)5-7(10)8(13)12-3-4-15-9(11)14/h6-7H,3-5,10H2,1-2H3,(H2,11,14)(H,12,13)/t7-/m1/s1. The van der Waals surface area contributed by atoms with Gasteiger partial charge in [-0.15, -0.1) is 0 Å². The van der Waals surface area contributed by atoms with E-state index in [-0.39, 0.29) is 19.1 Å². The van der Waals surface area contributed by atoms with Gasteiger partial charge in [-0.3, -0.25) is 4.79 Å². The maximum absolute atomic E-state index is 11.3. The van der Waals surface area contributed by atoms with Crippen molar-refractivity contribution in [3.8, 4) is 0 Å². The predicted molar refractivity (Wildman–Crippen MR) is 56.0 cm³/mol. The topological polar surface area (TPSA) is 107 Å². The van der Waals surface area contributed by atoms with Gasteiger partial charge in [-0.05, 0) is 12.3 Å². The Balaban J connectivity index is 3.60. The Morgan fingerprint density at radius 1 is 1.40 bits per heavy atom. The zero-order valence-corrected chi connectivity index (χ0v) is 9.16. The normalized spacial score (nSPS) is 12.3. The molecule has 1 atom stereocenters. The molecule has 0 aliphatic carbocycles. The van der Waals surface area contributed by atoms with Gasteiger partial charge in [0, 0.05) is 0 Å². The van der Waals surface area contributed by atoms with Crippen LogP contribution in [0.4, 0.5) is 4.79 Å². The number of ether oxygens (including phenoxy) is 1. The van der Waals surface area contributed by atoms with Crippen LogP contribution in [0.5, 0.6) is 0 Å². The third kappa shape index (κ3) is 7.75. The Morgan fingerprint density at radius 3 is 2.47 bits per heavy atom. The molecular weight excluding hydrogens is 198 g/mol. The number of carbonyl (C=O) groups excluding carboxylic acids is 2. The molecule has 0 unspecified atom stereocenters. The molecule has 88 valence electrons. The van der Waals surface area contributed by atoms with Gasteiger partial charge in [-0.25, -0.2) is 4.79 Å². The van der Waals surface area contributed by atoms with Crippen LogP contribution in [0.1, 0.15) is 20.3 Å². The number of rotatable bonds is 6. The summed E-state index contributed by atoms with van der Waals surface area (Å²) in [6, 6.07) is -0.515. The number of nitrogens with one attached hydrogen (secondary N) is 1. The first-order chi connectivity index (χ1) is 6.93. The minimum Gasteiger partial charge on any atom is -0.448 e. The lowest BCUT2D eigenvalue weighted by Gasteiger charge is -2.13. The van der Waals surface area contributed by atoms with E-state index in [1.165, 1.54) is 0 Å². The van der Waals surface area contributed by atoms with Crippen molar-refractivity contribution in [3.05, 3.63) is 0 Å². The van der Waals surface area contributed by atoms with E-state index in [1.807, 2.05) is 13.8 Å². The van der Waals surface area contributed by atoms with Crippen LogP contribution < -0.4 is 16.8 Å². The van der Waals surface area contributed by atoms with Crippen LogP contribution in [-0.4, -0.2) is 31.2 Å². The van der Waals surface area contributed by atoms with Gasteiger partial charge in [-0.1, -0.05) is 13.8 Å². The summed E-state index contributed by atoms with van der Waals surface area (Å²) in [5.41, 5.74) is 10.4. The molecule has 0 fully saturated rings. The highest BCUT2D eigenvalue weighted by Crippen LogP contribution is 2.02. The fraction of sp³-hybridized carbons (Fsp3) is 0.778. The summed E-state index contributed by atoms with van der Waals surface area (Å²) >= 11 is 0. The highest BCUT2D eigenvalue weighted by Gasteiger charge is 2.13. The van der Waals surface area contributed by atoms with Gasteiger partial charge in [0.15, 0.2) is 0 Å². The zero-order valence-electron chi connectivity index (χ0n) is 9.16. The summed E-state index contributed by atoms with van der Waals surface area (Å²) in [5.74, 6) is 0.129. The Bertz CT molecular complexity index is 219. The molecule has 0 spiro atoms. The number of hydrogen-bond donors (Lipinski definition) is 3. The van der Waals surface area contributed by atoms with Crippen molar-refractivity contribution in [1.82, 2.24) is 5.32 Å². The van der Waals surface area contributed by atoms with Crippen molar-refractivity contribution in [2.75, 3.05) is 13.2 Å². The fourth-order valence-corrected chi connectivity index (χ4v) is 1.07. The average Bonchev–Trinajstić information content (AvgIpc) is 2.10. The van der Waals surface area contributed by atoms with Gasteiger partial charge in [0.1, 0.15) is 6.61 Å². The van der Waals surface area contributed by atoms with Gasteiger partial charge in [0.05, 0.1) is 12.6 Å². The van der Waals surface area contributed by atoms with Crippen molar-refractivity contribution in [2.24, 2.45) is 17.4 Å². The summed E-state index contributed by atoms with van der Waals surface area (Å²) < 4.78 is 4.44. The first-order valence-electron chi connectivity index (χ1n) is 4.89. The van der Waals surface area contributed by atoms with E-state index < -0.39 is 12.1 Å². The van der Waals surface area contributed by atoms with Crippen LogP contribution >= 0.6 is 0 Å². The van der Waals surface area contributed by atoms with Crippen LogP contribution in [0.15, 0.2) is 0 Å². The lowest BCUT2D eigenvalue weighted by Crippen LogP contribution is -2.42. The molecule has 0 saturated carbocycles.